The first-order valence-corrected chi connectivity index (χ1v) is 16.2. The van der Waals surface area contributed by atoms with E-state index in [9.17, 15) is 23.6 Å². The molecule has 7 rings (SSSR count). The molecule has 2 aliphatic carbocycles. The minimum atomic E-state index is -0.752. The number of Topliss-reactive ketones (excluding diaryl/α,β-unsaturated/α-hetero) is 1. The van der Waals surface area contributed by atoms with Gasteiger partial charge >= 0.3 is 5.97 Å². The summed E-state index contributed by atoms with van der Waals surface area (Å²) in [6.45, 7) is -0.536. The summed E-state index contributed by atoms with van der Waals surface area (Å²) in [5.41, 5.74) is 2.25. The maximum Gasteiger partial charge on any atom is 0.339 e. The number of amides is 2. The highest BCUT2D eigenvalue weighted by molar-refractivity contribution is 9.12. The maximum absolute atomic E-state index is 13.5. The number of hydrogen-bond acceptors (Lipinski definition) is 6. The number of fused-ring (bicyclic) bond motifs is 6. The van der Waals surface area contributed by atoms with Crippen molar-refractivity contribution in [2.75, 3.05) is 11.5 Å². The monoisotopic (exact) mass is 738 g/mol. The van der Waals surface area contributed by atoms with Gasteiger partial charge in [0.05, 0.1) is 39.3 Å². The SMILES string of the molecule is O=C(COC(=O)c1cc(-c2ccc(N3C(=O)C4C5CC(C(Br)C5Br)C4C3=O)cc2)nc2c(Cl)cccc12)c1ccc(F)cc1. The molecule has 3 fully saturated rings. The van der Waals surface area contributed by atoms with E-state index in [1.807, 2.05) is 0 Å². The van der Waals surface area contributed by atoms with Crippen molar-refractivity contribution < 1.29 is 28.3 Å². The van der Waals surface area contributed by atoms with Gasteiger partial charge in [0.2, 0.25) is 11.8 Å². The molecule has 4 aromatic rings. The fourth-order valence-corrected chi connectivity index (χ4v) is 8.93. The average Bonchev–Trinajstić information content (AvgIpc) is 3.64. The van der Waals surface area contributed by atoms with Crippen LogP contribution in [0.2, 0.25) is 5.02 Å². The van der Waals surface area contributed by atoms with Crippen LogP contribution in [-0.4, -0.2) is 44.8 Å². The number of ether oxygens (including phenoxy) is 1. The Morgan fingerprint density at radius 2 is 1.57 bits per heavy atom. The molecule has 11 heteroatoms. The van der Waals surface area contributed by atoms with Crippen molar-refractivity contribution >= 4 is 83.6 Å². The van der Waals surface area contributed by atoms with Crippen molar-refractivity contribution in [3.63, 3.8) is 0 Å². The second-order valence-corrected chi connectivity index (χ2v) is 13.8. The number of anilines is 1. The van der Waals surface area contributed by atoms with Crippen LogP contribution in [0.3, 0.4) is 0 Å². The van der Waals surface area contributed by atoms with E-state index < -0.39 is 24.2 Å². The van der Waals surface area contributed by atoms with Crippen LogP contribution in [0.25, 0.3) is 22.2 Å². The largest absolute Gasteiger partial charge is 0.454 e. The first kappa shape index (κ1) is 29.3. The molecule has 44 heavy (non-hydrogen) atoms. The zero-order valence-corrected chi connectivity index (χ0v) is 26.7. The highest BCUT2D eigenvalue weighted by atomic mass is 79.9. The highest BCUT2D eigenvalue weighted by Crippen LogP contribution is 2.60. The molecule has 3 aliphatic rings. The fourth-order valence-electron chi connectivity index (χ4n) is 6.84. The number of pyridine rings is 1. The lowest BCUT2D eigenvalue weighted by molar-refractivity contribution is -0.123. The lowest BCUT2D eigenvalue weighted by Gasteiger charge is -2.28. The Morgan fingerprint density at radius 3 is 2.20 bits per heavy atom. The van der Waals surface area contributed by atoms with Gasteiger partial charge in [0.25, 0.3) is 0 Å². The summed E-state index contributed by atoms with van der Waals surface area (Å²) in [4.78, 5) is 59.0. The zero-order chi connectivity index (χ0) is 30.9. The molecule has 0 radical (unpaired) electrons. The van der Waals surface area contributed by atoms with Gasteiger partial charge in [-0.1, -0.05) is 67.7 Å². The van der Waals surface area contributed by atoms with Gasteiger partial charge in [-0.2, -0.15) is 0 Å². The molecule has 2 saturated carbocycles. The summed E-state index contributed by atoms with van der Waals surface area (Å²) in [6.07, 6.45) is 0.854. The Morgan fingerprint density at radius 1 is 0.932 bits per heavy atom. The van der Waals surface area contributed by atoms with Gasteiger partial charge in [-0.05, 0) is 66.8 Å². The number of para-hydroxylation sites is 1. The lowest BCUT2D eigenvalue weighted by Crippen LogP contribution is -2.37. The fraction of sp³-hybridized carbons (Fsp3) is 0.242. The van der Waals surface area contributed by atoms with E-state index in [-0.39, 0.29) is 56.3 Å². The van der Waals surface area contributed by atoms with Crippen LogP contribution in [0.4, 0.5) is 10.1 Å². The van der Waals surface area contributed by atoms with E-state index in [0.717, 1.165) is 18.6 Å². The molecule has 3 aromatic carbocycles. The number of ketones is 1. The van der Waals surface area contributed by atoms with Crippen molar-refractivity contribution in [3.05, 3.63) is 94.8 Å². The Kier molecular flexibility index (Phi) is 7.42. The van der Waals surface area contributed by atoms with Crippen LogP contribution in [0.5, 0.6) is 0 Å². The van der Waals surface area contributed by atoms with Gasteiger partial charge in [-0.25, -0.2) is 14.2 Å². The second kappa shape index (κ2) is 11.2. The standard InChI is InChI=1S/C33H22Br2ClFN2O5/c34-28-21-12-22(29(28)35)27-26(21)31(41)39(32(27)42)18-10-6-15(7-11-18)24-13-20(19-2-1-3-23(36)30(19)38-24)33(43)44-14-25(40)16-4-8-17(37)9-5-16/h1-11,13,21-22,26-29H,12,14H2. The smallest absolute Gasteiger partial charge is 0.339 e. The number of carbonyl (C=O) groups is 4. The molecule has 0 N–H and O–H groups in total. The topological polar surface area (TPSA) is 93.6 Å². The molecular weight excluding hydrogens is 719 g/mol. The maximum atomic E-state index is 13.5. The number of rotatable bonds is 6. The molecule has 222 valence electrons. The molecule has 1 saturated heterocycles. The van der Waals surface area contributed by atoms with Gasteiger partial charge in [-0.3, -0.25) is 19.3 Å². The predicted molar refractivity (Wildman–Crippen MR) is 170 cm³/mol. The van der Waals surface area contributed by atoms with Gasteiger partial charge < -0.3 is 4.74 Å². The van der Waals surface area contributed by atoms with E-state index in [4.69, 9.17) is 16.3 Å². The Hall–Kier alpha value is -3.47. The van der Waals surface area contributed by atoms with E-state index in [1.165, 1.54) is 17.0 Å². The quantitative estimate of drug-likeness (QED) is 0.0914. The van der Waals surface area contributed by atoms with Crippen molar-refractivity contribution in [1.29, 1.82) is 0 Å². The van der Waals surface area contributed by atoms with Crippen molar-refractivity contribution in [2.45, 2.75) is 16.1 Å². The molecule has 7 nitrogen and oxygen atoms in total. The minimum Gasteiger partial charge on any atom is -0.454 e. The number of nitrogens with zero attached hydrogens (tertiary/aromatic N) is 2. The molecular formula is C33H22Br2ClFN2O5. The highest BCUT2D eigenvalue weighted by Gasteiger charge is 2.66. The molecule has 2 heterocycles. The van der Waals surface area contributed by atoms with E-state index >= 15 is 0 Å². The number of alkyl halides is 2. The van der Waals surface area contributed by atoms with Crippen molar-refractivity contribution in [1.82, 2.24) is 4.98 Å². The van der Waals surface area contributed by atoms with E-state index in [1.54, 1.807) is 48.5 Å². The van der Waals surface area contributed by atoms with Crippen LogP contribution in [-0.2, 0) is 14.3 Å². The minimum absolute atomic E-state index is 0.116. The normalized spacial score (nSPS) is 25.5. The number of imide groups is 1. The van der Waals surface area contributed by atoms with Crippen LogP contribution in [0.15, 0.2) is 72.8 Å². The number of halogens is 4. The van der Waals surface area contributed by atoms with Gasteiger partial charge in [0.1, 0.15) is 5.82 Å². The van der Waals surface area contributed by atoms with Crippen LogP contribution < -0.4 is 4.90 Å². The summed E-state index contributed by atoms with van der Waals surface area (Å²) < 4.78 is 18.6. The number of benzene rings is 3. The number of esters is 1. The first-order valence-electron chi connectivity index (χ1n) is 14.0. The second-order valence-electron chi connectivity index (χ2n) is 11.3. The zero-order valence-electron chi connectivity index (χ0n) is 22.8. The predicted octanol–water partition coefficient (Wildman–Crippen LogP) is 7.02. The molecule has 1 aliphatic heterocycles. The van der Waals surface area contributed by atoms with Crippen LogP contribution in [0.1, 0.15) is 27.1 Å². The Labute approximate surface area is 273 Å². The molecule has 0 spiro atoms. The van der Waals surface area contributed by atoms with Crippen LogP contribution in [0, 0.1) is 29.5 Å². The first-order chi connectivity index (χ1) is 21.1. The third kappa shape index (κ3) is 4.69. The van der Waals surface area contributed by atoms with Gasteiger partial charge in [0.15, 0.2) is 12.4 Å². The summed E-state index contributed by atoms with van der Waals surface area (Å²) in [5, 5.41) is 0.767. The third-order valence-electron chi connectivity index (χ3n) is 8.92. The number of hydrogen-bond donors (Lipinski definition) is 0. The number of aromatic nitrogens is 1. The molecule has 2 amide bonds. The lowest BCUT2D eigenvalue weighted by atomic mass is 9.81. The summed E-state index contributed by atoms with van der Waals surface area (Å²) in [7, 11) is 0. The van der Waals surface area contributed by atoms with Crippen LogP contribution >= 0.6 is 43.5 Å². The van der Waals surface area contributed by atoms with E-state index in [2.05, 4.69) is 36.8 Å². The third-order valence-corrected chi connectivity index (χ3v) is 12.4. The van der Waals surface area contributed by atoms with Gasteiger partial charge in [-0.15, -0.1) is 0 Å². The summed E-state index contributed by atoms with van der Waals surface area (Å²) in [5.74, 6) is -2.45. The molecule has 6 atom stereocenters. The van der Waals surface area contributed by atoms with Gasteiger partial charge in [0, 0.05) is 26.2 Å². The summed E-state index contributed by atoms with van der Waals surface area (Å²) >= 11 is 13.9. The van der Waals surface area contributed by atoms with Crippen molar-refractivity contribution in [3.8, 4) is 11.3 Å². The van der Waals surface area contributed by atoms with Crippen molar-refractivity contribution in [2.24, 2.45) is 23.7 Å². The molecule has 2 bridgehead atoms. The summed E-state index contributed by atoms with van der Waals surface area (Å²) in [6, 6.07) is 18.4. The average molecular weight is 741 g/mol. The molecule has 1 aromatic heterocycles. The van der Waals surface area contributed by atoms with E-state index in [0.29, 0.717) is 32.9 Å². The Balaban J connectivity index is 1.16. The Bertz CT molecular complexity index is 1840. The molecule has 6 unspecified atom stereocenters. The number of carbonyl (C=O) groups excluding carboxylic acids is 4.